The summed E-state index contributed by atoms with van der Waals surface area (Å²) in [5.74, 6) is -1.39. The van der Waals surface area contributed by atoms with Gasteiger partial charge in [-0.15, -0.1) is 0 Å². The van der Waals surface area contributed by atoms with Gasteiger partial charge in [-0.3, -0.25) is 4.79 Å². The summed E-state index contributed by atoms with van der Waals surface area (Å²) in [6.45, 7) is 0.0781. The van der Waals surface area contributed by atoms with E-state index >= 15 is 0 Å². The number of aliphatic hydroxyl groups excluding tert-OH is 1. The molecule has 6 nitrogen and oxygen atoms in total. The molecule has 6 heteroatoms. The maximum Gasteiger partial charge on any atom is 0.326 e. The zero-order valence-corrected chi connectivity index (χ0v) is 9.63. The molecule has 2 unspecified atom stereocenters. The van der Waals surface area contributed by atoms with Crippen molar-refractivity contribution in [1.82, 2.24) is 4.90 Å². The SMILES string of the molecule is NC1(C(=O)N2CC(O)CC2C(=O)O)CCCC1. The van der Waals surface area contributed by atoms with Crippen LogP contribution in [-0.2, 0) is 9.59 Å². The predicted molar refractivity (Wildman–Crippen MR) is 59.1 cm³/mol. The summed E-state index contributed by atoms with van der Waals surface area (Å²) >= 11 is 0. The van der Waals surface area contributed by atoms with Gasteiger partial charge in [0.25, 0.3) is 0 Å². The molecular weight excluding hydrogens is 224 g/mol. The first kappa shape index (κ1) is 12.3. The Bertz CT molecular complexity index is 338. The summed E-state index contributed by atoms with van der Waals surface area (Å²) < 4.78 is 0. The van der Waals surface area contributed by atoms with E-state index < -0.39 is 23.7 Å². The van der Waals surface area contributed by atoms with Crippen LogP contribution >= 0.6 is 0 Å². The molecule has 2 fully saturated rings. The molecule has 0 aromatic rings. The van der Waals surface area contributed by atoms with Gasteiger partial charge in [0.1, 0.15) is 6.04 Å². The summed E-state index contributed by atoms with van der Waals surface area (Å²) in [6.07, 6.45) is 2.34. The minimum absolute atomic E-state index is 0.0781. The van der Waals surface area contributed by atoms with Gasteiger partial charge in [-0.05, 0) is 12.8 Å². The fourth-order valence-corrected chi connectivity index (χ4v) is 2.78. The Morgan fingerprint density at radius 1 is 1.29 bits per heavy atom. The molecule has 0 aromatic carbocycles. The highest BCUT2D eigenvalue weighted by atomic mass is 16.4. The molecule has 1 saturated heterocycles. The molecule has 1 saturated carbocycles. The average Bonchev–Trinajstić information content (AvgIpc) is 2.84. The Hall–Kier alpha value is -1.14. The molecule has 1 aliphatic carbocycles. The maximum atomic E-state index is 12.3. The number of rotatable bonds is 2. The van der Waals surface area contributed by atoms with Crippen LogP contribution in [0.5, 0.6) is 0 Å². The molecule has 1 aliphatic heterocycles. The van der Waals surface area contributed by atoms with E-state index in [1.165, 1.54) is 4.90 Å². The second-order valence-corrected chi connectivity index (χ2v) is 5.06. The molecule has 4 N–H and O–H groups in total. The molecule has 96 valence electrons. The van der Waals surface area contributed by atoms with E-state index in [0.717, 1.165) is 12.8 Å². The molecule has 0 aromatic heterocycles. The van der Waals surface area contributed by atoms with E-state index in [2.05, 4.69) is 0 Å². The van der Waals surface area contributed by atoms with E-state index in [-0.39, 0.29) is 18.9 Å². The van der Waals surface area contributed by atoms with Crippen molar-refractivity contribution in [3.63, 3.8) is 0 Å². The third-order valence-corrected chi connectivity index (χ3v) is 3.75. The van der Waals surface area contributed by atoms with Crippen LogP contribution < -0.4 is 5.73 Å². The number of hydrogen-bond donors (Lipinski definition) is 3. The van der Waals surface area contributed by atoms with Gasteiger partial charge in [0.05, 0.1) is 11.6 Å². The summed E-state index contributed by atoms with van der Waals surface area (Å²) in [5.41, 5.74) is 5.11. The lowest BCUT2D eigenvalue weighted by Gasteiger charge is -2.30. The third-order valence-electron chi connectivity index (χ3n) is 3.75. The van der Waals surface area contributed by atoms with E-state index in [1.807, 2.05) is 0 Å². The van der Waals surface area contributed by atoms with Crippen molar-refractivity contribution in [2.75, 3.05) is 6.54 Å². The van der Waals surface area contributed by atoms with Gasteiger partial charge < -0.3 is 20.8 Å². The van der Waals surface area contributed by atoms with Gasteiger partial charge in [0, 0.05) is 13.0 Å². The average molecular weight is 242 g/mol. The normalized spacial score (nSPS) is 31.8. The highest BCUT2D eigenvalue weighted by Crippen LogP contribution is 2.31. The molecule has 0 spiro atoms. The van der Waals surface area contributed by atoms with Crippen LogP contribution in [0.3, 0.4) is 0 Å². The zero-order valence-electron chi connectivity index (χ0n) is 9.63. The first-order valence-electron chi connectivity index (χ1n) is 5.95. The van der Waals surface area contributed by atoms with Gasteiger partial charge >= 0.3 is 5.97 Å². The number of carbonyl (C=O) groups is 2. The van der Waals surface area contributed by atoms with Crippen molar-refractivity contribution >= 4 is 11.9 Å². The quantitative estimate of drug-likeness (QED) is 0.594. The number of nitrogens with zero attached hydrogens (tertiary/aromatic N) is 1. The van der Waals surface area contributed by atoms with Crippen molar-refractivity contribution in [2.24, 2.45) is 5.73 Å². The lowest BCUT2D eigenvalue weighted by Crippen LogP contribution is -2.56. The number of carboxylic acids is 1. The summed E-state index contributed by atoms with van der Waals surface area (Å²) in [7, 11) is 0. The molecular formula is C11H18N2O4. The Morgan fingerprint density at radius 3 is 2.41 bits per heavy atom. The zero-order chi connectivity index (χ0) is 12.6. The minimum atomic E-state index is -1.07. The number of hydrogen-bond acceptors (Lipinski definition) is 4. The fraction of sp³-hybridized carbons (Fsp3) is 0.818. The number of aliphatic hydroxyl groups is 1. The van der Waals surface area contributed by atoms with Crippen LogP contribution in [-0.4, -0.2) is 51.2 Å². The number of carboxylic acid groups (broad SMARTS) is 1. The molecule has 2 rings (SSSR count). The number of nitrogens with two attached hydrogens (primary N) is 1. The highest BCUT2D eigenvalue weighted by molar-refractivity contribution is 5.90. The number of β-amino-alcohol motifs (C(OH)–C–C–N with tert-alkyl or cyclic N) is 1. The molecule has 1 heterocycles. The highest BCUT2D eigenvalue weighted by Gasteiger charge is 2.47. The fourth-order valence-electron chi connectivity index (χ4n) is 2.78. The van der Waals surface area contributed by atoms with Crippen LogP contribution in [0.15, 0.2) is 0 Å². The third kappa shape index (κ3) is 2.14. The number of amides is 1. The molecule has 1 amide bonds. The van der Waals surface area contributed by atoms with Crippen molar-refractivity contribution in [2.45, 2.75) is 49.8 Å². The molecule has 0 bridgehead atoms. The van der Waals surface area contributed by atoms with Crippen molar-refractivity contribution in [3.05, 3.63) is 0 Å². The Morgan fingerprint density at radius 2 is 1.88 bits per heavy atom. The van der Waals surface area contributed by atoms with Crippen molar-refractivity contribution in [3.8, 4) is 0 Å². The van der Waals surface area contributed by atoms with E-state index in [9.17, 15) is 14.7 Å². The lowest BCUT2D eigenvalue weighted by atomic mass is 9.97. The molecule has 0 radical (unpaired) electrons. The smallest absolute Gasteiger partial charge is 0.326 e. The number of likely N-dealkylation sites (tertiary alicyclic amines) is 1. The predicted octanol–water partition coefficient (Wildman–Crippen LogP) is -0.696. The van der Waals surface area contributed by atoms with Crippen LogP contribution in [0.4, 0.5) is 0 Å². The van der Waals surface area contributed by atoms with E-state index in [0.29, 0.717) is 12.8 Å². The van der Waals surface area contributed by atoms with Gasteiger partial charge in [-0.1, -0.05) is 12.8 Å². The molecule has 17 heavy (non-hydrogen) atoms. The second kappa shape index (κ2) is 4.27. The summed E-state index contributed by atoms with van der Waals surface area (Å²) in [6, 6.07) is -0.932. The maximum absolute atomic E-state index is 12.3. The lowest BCUT2D eigenvalue weighted by molar-refractivity contribution is -0.150. The summed E-state index contributed by atoms with van der Waals surface area (Å²) in [5, 5.41) is 18.5. The number of aliphatic carboxylic acids is 1. The summed E-state index contributed by atoms with van der Waals surface area (Å²) in [4.78, 5) is 24.5. The van der Waals surface area contributed by atoms with Crippen LogP contribution in [0.2, 0.25) is 0 Å². The van der Waals surface area contributed by atoms with Crippen molar-refractivity contribution in [1.29, 1.82) is 0 Å². The Balaban J connectivity index is 2.15. The van der Waals surface area contributed by atoms with Gasteiger partial charge in [0.2, 0.25) is 5.91 Å². The first-order chi connectivity index (χ1) is 7.94. The minimum Gasteiger partial charge on any atom is -0.480 e. The van der Waals surface area contributed by atoms with Crippen LogP contribution in [0.25, 0.3) is 0 Å². The number of carbonyl (C=O) groups excluding carboxylic acids is 1. The van der Waals surface area contributed by atoms with Crippen LogP contribution in [0.1, 0.15) is 32.1 Å². The van der Waals surface area contributed by atoms with Gasteiger partial charge in [-0.25, -0.2) is 4.79 Å². The Labute approximate surface area is 99.4 Å². The molecule has 2 atom stereocenters. The van der Waals surface area contributed by atoms with Gasteiger partial charge in [0.15, 0.2) is 0 Å². The standard InChI is InChI=1S/C11H18N2O4/c12-11(3-1-2-4-11)10(17)13-6-7(14)5-8(13)9(15)16/h7-8,14H,1-6,12H2,(H,15,16). The molecule has 2 aliphatic rings. The topological polar surface area (TPSA) is 104 Å². The first-order valence-corrected chi connectivity index (χ1v) is 5.95. The monoisotopic (exact) mass is 242 g/mol. The van der Waals surface area contributed by atoms with E-state index in [1.54, 1.807) is 0 Å². The Kier molecular flexibility index (Phi) is 3.09. The van der Waals surface area contributed by atoms with Crippen molar-refractivity contribution < 1.29 is 19.8 Å². The second-order valence-electron chi connectivity index (χ2n) is 5.06. The largest absolute Gasteiger partial charge is 0.480 e. The van der Waals surface area contributed by atoms with Gasteiger partial charge in [-0.2, -0.15) is 0 Å². The van der Waals surface area contributed by atoms with Crippen LogP contribution in [0, 0.1) is 0 Å². The van der Waals surface area contributed by atoms with E-state index in [4.69, 9.17) is 10.8 Å².